The zero-order valence-corrected chi connectivity index (χ0v) is 14.7. The normalized spacial score (nSPS) is 21.2. The van der Waals surface area contributed by atoms with Gasteiger partial charge < -0.3 is 9.42 Å². The van der Waals surface area contributed by atoms with Crippen LogP contribution in [0.5, 0.6) is 0 Å². The molecule has 0 aliphatic carbocycles. The molecule has 1 fully saturated rings. The van der Waals surface area contributed by atoms with Gasteiger partial charge in [-0.1, -0.05) is 5.16 Å². The van der Waals surface area contributed by atoms with Gasteiger partial charge in [-0.15, -0.1) is 11.3 Å². The van der Waals surface area contributed by atoms with Gasteiger partial charge in [0.15, 0.2) is 5.82 Å². The lowest BCUT2D eigenvalue weighted by Crippen LogP contribution is -2.37. The molecule has 0 saturated carbocycles. The molecule has 6 nitrogen and oxygen atoms in total. The van der Waals surface area contributed by atoms with E-state index < -0.39 is 0 Å². The number of likely N-dealkylation sites (tertiary alicyclic amines) is 1. The molecule has 1 saturated heterocycles. The number of hydrogen-bond acceptors (Lipinski definition) is 6. The fraction of sp³-hybridized carbons (Fsp3) is 0.588. The number of hydrogen-bond donors (Lipinski definition) is 0. The number of fused-ring (bicyclic) bond motifs is 1. The van der Waals surface area contributed by atoms with Gasteiger partial charge >= 0.3 is 0 Å². The average molecular weight is 346 g/mol. The lowest BCUT2D eigenvalue weighted by Gasteiger charge is -2.28. The Labute approximate surface area is 145 Å². The van der Waals surface area contributed by atoms with E-state index in [1.807, 2.05) is 11.8 Å². The largest absolute Gasteiger partial charge is 0.340 e. The molecule has 4 heterocycles. The number of carbonyl (C=O) groups excluding carboxylic acids is 1. The highest BCUT2D eigenvalue weighted by Crippen LogP contribution is 2.30. The van der Waals surface area contributed by atoms with Crippen molar-refractivity contribution in [2.45, 2.75) is 45.2 Å². The highest BCUT2D eigenvalue weighted by molar-refractivity contribution is 7.10. The SMILES string of the molecule is Cc1nc([C@H]2CCCN2CCC(=O)N2CCc3sccc3C2)no1. The predicted molar refractivity (Wildman–Crippen MR) is 90.6 cm³/mol. The van der Waals surface area contributed by atoms with Gasteiger partial charge in [0.25, 0.3) is 0 Å². The second kappa shape index (κ2) is 6.64. The third-order valence-corrected chi connectivity index (χ3v) is 6.00. The summed E-state index contributed by atoms with van der Waals surface area (Å²) >= 11 is 1.80. The van der Waals surface area contributed by atoms with E-state index >= 15 is 0 Å². The third-order valence-electron chi connectivity index (χ3n) is 4.98. The van der Waals surface area contributed by atoms with E-state index in [1.165, 1.54) is 10.4 Å². The molecule has 0 bridgehead atoms. The highest BCUT2D eigenvalue weighted by Gasteiger charge is 2.30. The Morgan fingerprint density at radius 2 is 2.38 bits per heavy atom. The van der Waals surface area contributed by atoms with E-state index in [0.717, 1.165) is 51.3 Å². The second-order valence-corrected chi connectivity index (χ2v) is 7.55. The van der Waals surface area contributed by atoms with Gasteiger partial charge in [-0.2, -0.15) is 4.98 Å². The van der Waals surface area contributed by atoms with Crippen LogP contribution in [0.25, 0.3) is 0 Å². The summed E-state index contributed by atoms with van der Waals surface area (Å²) in [4.78, 5) is 22.7. The molecule has 2 aliphatic heterocycles. The Balaban J connectivity index is 1.34. The van der Waals surface area contributed by atoms with Crippen LogP contribution in [0.1, 0.15) is 47.5 Å². The first-order valence-corrected chi connectivity index (χ1v) is 9.46. The Kier molecular flexibility index (Phi) is 4.37. The molecule has 0 N–H and O–H groups in total. The summed E-state index contributed by atoms with van der Waals surface area (Å²) in [6, 6.07) is 2.34. The highest BCUT2D eigenvalue weighted by atomic mass is 32.1. The average Bonchev–Trinajstić information content (AvgIpc) is 3.31. The summed E-state index contributed by atoms with van der Waals surface area (Å²) in [6.07, 6.45) is 3.71. The van der Waals surface area contributed by atoms with E-state index in [2.05, 4.69) is 26.5 Å². The van der Waals surface area contributed by atoms with Gasteiger partial charge in [0.2, 0.25) is 11.8 Å². The van der Waals surface area contributed by atoms with Crippen molar-refractivity contribution < 1.29 is 9.32 Å². The summed E-state index contributed by atoms with van der Waals surface area (Å²) in [7, 11) is 0. The Hall–Kier alpha value is -1.73. The van der Waals surface area contributed by atoms with Crippen LogP contribution >= 0.6 is 11.3 Å². The van der Waals surface area contributed by atoms with E-state index in [4.69, 9.17) is 4.52 Å². The smallest absolute Gasteiger partial charge is 0.224 e. The maximum atomic E-state index is 12.6. The molecule has 0 radical (unpaired) electrons. The molecule has 0 spiro atoms. The number of carbonyl (C=O) groups is 1. The third kappa shape index (κ3) is 3.10. The molecule has 7 heteroatoms. The number of aromatic nitrogens is 2. The van der Waals surface area contributed by atoms with Gasteiger partial charge in [0, 0.05) is 37.9 Å². The minimum absolute atomic E-state index is 0.195. The van der Waals surface area contributed by atoms with Crippen LogP contribution in [0.4, 0.5) is 0 Å². The van der Waals surface area contributed by atoms with Crippen LogP contribution in [-0.4, -0.2) is 45.5 Å². The molecule has 1 atom stereocenters. The van der Waals surface area contributed by atoms with Crippen molar-refractivity contribution in [1.29, 1.82) is 0 Å². The van der Waals surface area contributed by atoms with Crippen LogP contribution in [0.2, 0.25) is 0 Å². The van der Waals surface area contributed by atoms with Gasteiger partial charge in [-0.3, -0.25) is 9.69 Å². The number of aryl methyl sites for hydroxylation is 1. The topological polar surface area (TPSA) is 62.5 Å². The van der Waals surface area contributed by atoms with Crippen LogP contribution in [0, 0.1) is 6.92 Å². The fourth-order valence-electron chi connectivity index (χ4n) is 3.70. The molecular formula is C17H22N4O2S. The van der Waals surface area contributed by atoms with Crippen LogP contribution in [0.15, 0.2) is 16.0 Å². The van der Waals surface area contributed by atoms with Crippen molar-refractivity contribution in [2.24, 2.45) is 0 Å². The lowest BCUT2D eigenvalue weighted by atomic mass is 10.1. The first-order chi connectivity index (χ1) is 11.7. The molecule has 128 valence electrons. The van der Waals surface area contributed by atoms with Crippen molar-refractivity contribution in [3.63, 3.8) is 0 Å². The maximum absolute atomic E-state index is 12.6. The fourth-order valence-corrected chi connectivity index (χ4v) is 4.58. The van der Waals surface area contributed by atoms with Gasteiger partial charge in [-0.25, -0.2) is 0 Å². The molecule has 2 aromatic rings. The molecule has 2 aromatic heterocycles. The Bertz CT molecular complexity index is 726. The standard InChI is InChI=1S/C17H22N4O2S/c1-12-18-17(19-23-12)14-3-2-7-20(14)9-5-16(22)21-8-4-15-13(11-21)6-10-24-15/h6,10,14H,2-5,7-9,11H2,1H3/t14-/m1/s1. The van der Waals surface area contributed by atoms with Crippen molar-refractivity contribution in [3.8, 4) is 0 Å². The van der Waals surface area contributed by atoms with E-state index in [-0.39, 0.29) is 11.9 Å². The number of thiophene rings is 1. The maximum Gasteiger partial charge on any atom is 0.224 e. The molecule has 4 rings (SSSR count). The van der Waals surface area contributed by atoms with Gasteiger partial charge in [-0.05, 0) is 42.8 Å². The number of amides is 1. The zero-order valence-electron chi connectivity index (χ0n) is 13.9. The van der Waals surface area contributed by atoms with E-state index in [1.54, 1.807) is 11.3 Å². The molecule has 0 aromatic carbocycles. The Morgan fingerprint density at radius 1 is 1.46 bits per heavy atom. The van der Waals surface area contributed by atoms with Gasteiger partial charge in [0.05, 0.1) is 6.04 Å². The molecule has 24 heavy (non-hydrogen) atoms. The summed E-state index contributed by atoms with van der Waals surface area (Å²) in [6.45, 7) is 5.20. The summed E-state index contributed by atoms with van der Waals surface area (Å²) in [5, 5.41) is 6.19. The Morgan fingerprint density at radius 3 is 3.21 bits per heavy atom. The lowest BCUT2D eigenvalue weighted by molar-refractivity contribution is -0.132. The van der Waals surface area contributed by atoms with Crippen LogP contribution < -0.4 is 0 Å². The number of nitrogens with zero attached hydrogens (tertiary/aromatic N) is 4. The quantitative estimate of drug-likeness (QED) is 0.851. The predicted octanol–water partition coefficient (Wildman–Crippen LogP) is 2.55. The molecule has 2 aliphatic rings. The van der Waals surface area contributed by atoms with Crippen molar-refractivity contribution in [3.05, 3.63) is 33.6 Å². The number of rotatable bonds is 4. The molecule has 1 amide bonds. The van der Waals surface area contributed by atoms with Crippen molar-refractivity contribution in [1.82, 2.24) is 19.9 Å². The van der Waals surface area contributed by atoms with E-state index in [0.29, 0.717) is 12.3 Å². The summed E-state index contributed by atoms with van der Waals surface area (Å²) < 4.78 is 5.11. The molecule has 0 unspecified atom stereocenters. The second-order valence-electron chi connectivity index (χ2n) is 6.55. The summed E-state index contributed by atoms with van der Waals surface area (Å²) in [5.74, 6) is 1.62. The monoisotopic (exact) mass is 346 g/mol. The minimum Gasteiger partial charge on any atom is -0.340 e. The van der Waals surface area contributed by atoms with E-state index in [9.17, 15) is 4.79 Å². The van der Waals surface area contributed by atoms with Crippen molar-refractivity contribution >= 4 is 17.2 Å². The first-order valence-electron chi connectivity index (χ1n) is 8.58. The van der Waals surface area contributed by atoms with Crippen molar-refractivity contribution in [2.75, 3.05) is 19.6 Å². The summed E-state index contributed by atoms with van der Waals surface area (Å²) in [5.41, 5.74) is 1.32. The van der Waals surface area contributed by atoms with Crippen LogP contribution in [-0.2, 0) is 17.8 Å². The minimum atomic E-state index is 0.195. The first kappa shape index (κ1) is 15.8. The zero-order chi connectivity index (χ0) is 16.5. The van der Waals surface area contributed by atoms with Gasteiger partial charge in [0.1, 0.15) is 0 Å². The van der Waals surface area contributed by atoms with Crippen LogP contribution in [0.3, 0.4) is 0 Å². The molecular weight excluding hydrogens is 324 g/mol.